The van der Waals surface area contributed by atoms with Crippen LogP contribution >= 0.6 is 0 Å². The van der Waals surface area contributed by atoms with Crippen molar-refractivity contribution in [3.05, 3.63) is 59.2 Å². The normalized spacial score (nSPS) is 21.8. The summed E-state index contributed by atoms with van der Waals surface area (Å²) in [6.07, 6.45) is -12.5. The summed E-state index contributed by atoms with van der Waals surface area (Å²) in [5, 5.41) is 2.48. The average Bonchev–Trinajstić information content (AvgIpc) is 1.56. The number of hydrogen-bond acceptors (Lipinski definition) is 12. The van der Waals surface area contributed by atoms with Gasteiger partial charge >= 0.3 is 24.1 Å². The van der Waals surface area contributed by atoms with Crippen LogP contribution in [0.15, 0.2) is 36.4 Å². The molecule has 2 aliphatic rings. The van der Waals surface area contributed by atoms with Crippen LogP contribution in [0.4, 0.5) is 18.4 Å². The third kappa shape index (κ3) is 14.3. The number of esters is 2. The summed E-state index contributed by atoms with van der Waals surface area (Å²) in [5.41, 5.74) is -3.65. The Morgan fingerprint density at radius 1 is 0.705 bits per heavy atom. The maximum absolute atomic E-state index is 15.4. The minimum Gasteiger partial charge on any atom is -0.461 e. The van der Waals surface area contributed by atoms with Gasteiger partial charge in [0.2, 0.25) is 17.7 Å². The number of nitrogens with zero attached hydrogens (tertiary/aromatic N) is 4. The molecule has 426 valence electrons. The van der Waals surface area contributed by atoms with Gasteiger partial charge in [0.05, 0.1) is 30.5 Å². The molecular formula is C57H77F2N7O12. The number of fused-ring (bicyclic) bond motifs is 2. The molecular weight excluding hydrogens is 1010 g/mol. The van der Waals surface area contributed by atoms with Crippen LogP contribution in [-0.4, -0.2) is 158 Å². The number of hydrogen-bond donors (Lipinski definition) is 3. The van der Waals surface area contributed by atoms with Crippen molar-refractivity contribution in [1.29, 1.82) is 0 Å². The number of likely N-dealkylation sites (N-methyl/N-ethyl adjacent to an activating group) is 2. The van der Waals surface area contributed by atoms with Crippen LogP contribution in [0.5, 0.6) is 0 Å². The molecule has 78 heavy (non-hydrogen) atoms. The van der Waals surface area contributed by atoms with Crippen LogP contribution in [0.3, 0.4) is 0 Å². The SMILES string of the molecule is [2H]C([2H])(c1c(-c2[nH]c3cc(F)ccc3c2C([2H])([2H])[C@@H]2CC(OC(C)=O)CN2C(=O)[C@H](CC)NC(=O)[C@H](C)N(C(=O)OC(C)(C)C)C([2H])([2H])[2H])[nH]c2cc(F)ccc12)[C@@H]1C[C@H](OC(C)=O)CN1C(=O)[C@H](CC)CC(=O)[C@H](C)N(C(=O)OC(C)(C)C)C([2H])([2H])[2H]. The lowest BCUT2D eigenvalue weighted by molar-refractivity contribution is -0.147. The molecule has 6 rings (SSSR count). The highest BCUT2D eigenvalue weighted by molar-refractivity contribution is 5.97. The number of carbonyl (C=O) groups excluding carboxylic acids is 8. The highest BCUT2D eigenvalue weighted by Crippen LogP contribution is 2.41. The van der Waals surface area contributed by atoms with Gasteiger partial charge in [-0.2, -0.15) is 0 Å². The number of aromatic amines is 2. The Morgan fingerprint density at radius 2 is 1.14 bits per heavy atom. The van der Waals surface area contributed by atoms with Crippen LogP contribution < -0.4 is 5.32 Å². The lowest BCUT2D eigenvalue weighted by Crippen LogP contribution is -2.55. The molecule has 2 saturated heterocycles. The lowest BCUT2D eigenvalue weighted by atomic mass is 9.93. The molecule has 1 unspecified atom stereocenters. The second kappa shape index (κ2) is 24.3. The zero-order valence-corrected chi connectivity index (χ0v) is 46.0. The van der Waals surface area contributed by atoms with E-state index in [1.54, 1.807) is 6.92 Å². The Hall–Kier alpha value is -7.06. The summed E-state index contributed by atoms with van der Waals surface area (Å²) in [6.45, 7) is 9.19. The van der Waals surface area contributed by atoms with Gasteiger partial charge < -0.3 is 48.9 Å². The topological polar surface area (TPSA) is 230 Å². The number of benzene rings is 2. The molecule has 0 bridgehead atoms. The van der Waals surface area contributed by atoms with Crippen LogP contribution in [0.1, 0.15) is 140 Å². The van der Waals surface area contributed by atoms with Gasteiger partial charge in [-0.25, -0.2) is 18.4 Å². The molecule has 19 nitrogen and oxygen atoms in total. The van der Waals surface area contributed by atoms with Gasteiger partial charge in [-0.05, 0) is 129 Å². The summed E-state index contributed by atoms with van der Waals surface area (Å²) in [5.74, 6) is -8.25. The summed E-state index contributed by atoms with van der Waals surface area (Å²) in [7, 11) is 0. The highest BCUT2D eigenvalue weighted by Gasteiger charge is 2.43. The van der Waals surface area contributed by atoms with Gasteiger partial charge in [0, 0.05) is 101 Å². The van der Waals surface area contributed by atoms with E-state index in [1.807, 2.05) is 0 Å². The molecule has 4 heterocycles. The Bertz CT molecular complexity index is 3130. The third-order valence-electron chi connectivity index (χ3n) is 13.3. The Balaban J connectivity index is 1.49. The first kappa shape index (κ1) is 47.0. The first-order chi connectivity index (χ1) is 40.3. The number of H-pyrrole nitrogens is 2. The quantitative estimate of drug-likeness (QED) is 0.0634. The number of amides is 5. The molecule has 2 fully saturated rings. The van der Waals surface area contributed by atoms with E-state index in [9.17, 15) is 34.3 Å². The van der Waals surface area contributed by atoms with E-state index in [0.717, 1.165) is 54.8 Å². The van der Waals surface area contributed by atoms with Crippen molar-refractivity contribution < 1.29 is 79.8 Å². The maximum atomic E-state index is 15.4. The number of likely N-dealkylation sites (tertiary alicyclic amines) is 2. The number of carbonyl (C=O) groups is 8. The molecule has 8 atom stereocenters. The first-order valence-corrected chi connectivity index (χ1v) is 25.8. The van der Waals surface area contributed by atoms with Gasteiger partial charge in [0.1, 0.15) is 47.1 Å². The molecule has 5 amide bonds. The second-order valence-corrected chi connectivity index (χ2v) is 21.7. The summed E-state index contributed by atoms with van der Waals surface area (Å²) >= 11 is 0. The molecule has 0 spiro atoms. The summed E-state index contributed by atoms with van der Waals surface area (Å²) in [4.78, 5) is 118. The van der Waals surface area contributed by atoms with Crippen molar-refractivity contribution in [2.75, 3.05) is 27.0 Å². The number of nitrogens with one attached hydrogen (secondary N) is 3. The molecule has 4 aromatic rings. The van der Waals surface area contributed by atoms with Crippen molar-refractivity contribution in [2.24, 2.45) is 5.92 Å². The minimum absolute atomic E-state index is 0.00361. The van der Waals surface area contributed by atoms with Crippen LogP contribution in [0.2, 0.25) is 0 Å². The van der Waals surface area contributed by atoms with E-state index in [0.29, 0.717) is 4.90 Å². The number of Topliss-reactive ketones (excluding diaryl/α,β-unsaturated/α-hetero) is 1. The first-order valence-electron chi connectivity index (χ1n) is 30.8. The minimum atomic E-state index is -3.21. The van der Waals surface area contributed by atoms with Gasteiger partial charge in [-0.1, -0.05) is 13.8 Å². The monoisotopic (exact) mass is 1100 g/mol. The summed E-state index contributed by atoms with van der Waals surface area (Å²) < 4.78 is 142. The molecule has 2 aromatic carbocycles. The average molecular weight is 1100 g/mol. The fraction of sp³-hybridized carbons (Fsp3) is 0.579. The predicted octanol–water partition coefficient (Wildman–Crippen LogP) is 8.14. The standard InChI is InChI=1S/C57H77F2N7O12/c1-15-34(21-48(69)30(3)63(13)54(73)77-56(7,8)9)52(71)65-28-39(75-32(5)67)24-37(65)26-43-41-19-17-35(58)22-46(41)60-49(43)50-44(42-20-18-36(59)23-47(42)61-50)27-38-25-40(76-33(6)68)29-66(38)53(72)45(16-2)62-51(70)31(4)64(14)55(74)78-57(10,11)12/h17-20,22-23,30-31,34,37-40,45,60-61H,15-16,21,24-29H2,1-14H3,(H,62,70)/t30-,31-,34+,37-,38-,39-,40?,45-/m0/s1/i13D3,14D3,26D2,27D2. The number of rotatable bonds is 18. The van der Waals surface area contributed by atoms with Gasteiger partial charge in [0.25, 0.3) is 0 Å². The predicted molar refractivity (Wildman–Crippen MR) is 287 cm³/mol. The van der Waals surface area contributed by atoms with E-state index in [4.69, 9.17) is 27.2 Å². The van der Waals surface area contributed by atoms with E-state index in [-0.39, 0.29) is 68.5 Å². The van der Waals surface area contributed by atoms with Crippen molar-refractivity contribution in [3.8, 4) is 11.4 Å². The van der Waals surface area contributed by atoms with Gasteiger partial charge in [-0.15, -0.1) is 0 Å². The Kier molecular flexibility index (Phi) is 14.6. The maximum Gasteiger partial charge on any atom is 0.410 e. The zero-order valence-electron chi connectivity index (χ0n) is 56.0. The van der Waals surface area contributed by atoms with Crippen LogP contribution in [0.25, 0.3) is 33.2 Å². The Labute approximate surface area is 468 Å². The molecule has 3 N–H and O–H groups in total. The lowest BCUT2D eigenvalue weighted by Gasteiger charge is -2.31. The largest absolute Gasteiger partial charge is 0.461 e. The smallest absolute Gasteiger partial charge is 0.410 e. The van der Waals surface area contributed by atoms with E-state index in [2.05, 4.69) is 15.3 Å². The van der Waals surface area contributed by atoms with Crippen LogP contribution in [-0.2, 0) is 60.5 Å². The van der Waals surface area contributed by atoms with Crippen molar-refractivity contribution in [1.82, 2.24) is 34.9 Å². The van der Waals surface area contributed by atoms with E-state index in [1.165, 1.54) is 67.5 Å². The molecule has 0 aliphatic carbocycles. The summed E-state index contributed by atoms with van der Waals surface area (Å²) in [6, 6.07) is -1.67. The molecule has 0 saturated carbocycles. The molecule has 2 aromatic heterocycles. The second-order valence-electron chi connectivity index (χ2n) is 21.7. The van der Waals surface area contributed by atoms with Crippen molar-refractivity contribution >= 4 is 69.4 Å². The van der Waals surface area contributed by atoms with Gasteiger partial charge in [-0.3, -0.25) is 33.7 Å². The van der Waals surface area contributed by atoms with Crippen molar-refractivity contribution in [2.45, 2.75) is 182 Å². The number of aromatic nitrogens is 2. The fourth-order valence-corrected chi connectivity index (χ4v) is 9.43. The fourth-order valence-electron chi connectivity index (χ4n) is 9.43. The Morgan fingerprint density at radius 3 is 1.54 bits per heavy atom. The molecule has 0 radical (unpaired) electrons. The van der Waals surface area contributed by atoms with E-state index < -0.39 is 171 Å². The van der Waals surface area contributed by atoms with Crippen LogP contribution in [0, 0.1) is 17.6 Å². The molecule has 2 aliphatic heterocycles. The zero-order chi connectivity index (χ0) is 66.5. The highest BCUT2D eigenvalue weighted by atomic mass is 19.1. The number of ether oxygens (including phenoxy) is 4. The third-order valence-corrected chi connectivity index (χ3v) is 13.3. The molecule has 21 heteroatoms. The van der Waals surface area contributed by atoms with Crippen molar-refractivity contribution in [3.63, 3.8) is 0 Å². The number of ketones is 1. The number of halogens is 2. The van der Waals surface area contributed by atoms with E-state index >= 15 is 18.4 Å². The van der Waals surface area contributed by atoms with Gasteiger partial charge in [0.15, 0.2) is 5.78 Å².